The fourth-order valence-corrected chi connectivity index (χ4v) is 1.88. The minimum atomic E-state index is 0.0541. The van der Waals surface area contributed by atoms with Gasteiger partial charge in [0, 0.05) is 25.5 Å². The molecule has 0 spiro atoms. The molecule has 1 amide bonds. The summed E-state index contributed by atoms with van der Waals surface area (Å²) in [6.07, 6.45) is 7.18. The number of nitrogens with zero attached hydrogens (tertiary/aromatic N) is 3. The van der Waals surface area contributed by atoms with Gasteiger partial charge >= 0.3 is 6.03 Å². The Morgan fingerprint density at radius 3 is 3.07 bits per heavy atom. The minimum absolute atomic E-state index is 0.0541. The van der Waals surface area contributed by atoms with Gasteiger partial charge in [-0.25, -0.2) is 9.78 Å². The molecule has 2 heterocycles. The van der Waals surface area contributed by atoms with Gasteiger partial charge in [0.1, 0.15) is 6.33 Å². The van der Waals surface area contributed by atoms with Crippen molar-refractivity contribution in [1.29, 1.82) is 0 Å². The summed E-state index contributed by atoms with van der Waals surface area (Å²) in [4.78, 5) is 17.6. The van der Waals surface area contributed by atoms with Crippen molar-refractivity contribution in [3.63, 3.8) is 0 Å². The lowest BCUT2D eigenvalue weighted by molar-refractivity contribution is 0.208. The van der Waals surface area contributed by atoms with E-state index in [0.29, 0.717) is 5.92 Å². The van der Waals surface area contributed by atoms with Crippen LogP contribution in [0.4, 0.5) is 4.79 Å². The second-order valence-electron chi connectivity index (χ2n) is 3.76. The number of carbonyl (C=O) groups excluding carboxylic acids is 1. The van der Waals surface area contributed by atoms with Crippen molar-refractivity contribution >= 4 is 6.03 Å². The zero-order chi connectivity index (χ0) is 9.97. The summed E-state index contributed by atoms with van der Waals surface area (Å²) in [6, 6.07) is 0.0541. The predicted molar refractivity (Wildman–Crippen MR) is 53.0 cm³/mol. The number of hydrogen-bond donors (Lipinski definition) is 0. The highest BCUT2D eigenvalue weighted by Crippen LogP contribution is 2.19. The van der Waals surface area contributed by atoms with Gasteiger partial charge in [0.15, 0.2) is 0 Å². The molecule has 1 aromatic heterocycles. The molecule has 0 radical (unpaired) electrons. The average Bonchev–Trinajstić information content (AvgIpc) is 2.88. The average molecular weight is 193 g/mol. The molecule has 2 rings (SSSR count). The first-order valence-corrected chi connectivity index (χ1v) is 5.08. The second kappa shape index (κ2) is 3.82. The van der Waals surface area contributed by atoms with E-state index in [-0.39, 0.29) is 6.03 Å². The standard InChI is InChI=1S/C10H15N3O/c1-2-9-3-5-12(7-9)10(14)13-6-4-11-8-13/h4,6,8-9H,2-3,5,7H2,1H3. The van der Waals surface area contributed by atoms with Crippen LogP contribution in [0.2, 0.25) is 0 Å². The Balaban J connectivity index is 2.00. The first-order chi connectivity index (χ1) is 6.81. The molecule has 0 N–H and O–H groups in total. The molecule has 0 saturated carbocycles. The number of amides is 1. The maximum absolute atomic E-state index is 11.8. The van der Waals surface area contributed by atoms with Gasteiger partial charge in [-0.3, -0.25) is 4.57 Å². The van der Waals surface area contributed by atoms with Gasteiger partial charge < -0.3 is 4.90 Å². The first-order valence-electron chi connectivity index (χ1n) is 5.08. The van der Waals surface area contributed by atoms with Crippen LogP contribution in [-0.2, 0) is 0 Å². The summed E-state index contributed by atoms with van der Waals surface area (Å²) in [6.45, 7) is 3.96. The SMILES string of the molecule is CCC1CCN(C(=O)n2ccnc2)C1. The molecular weight excluding hydrogens is 178 g/mol. The Bertz CT molecular complexity index is 307. The van der Waals surface area contributed by atoms with E-state index in [1.807, 2.05) is 4.90 Å². The summed E-state index contributed by atoms with van der Waals surface area (Å²) < 4.78 is 1.54. The Labute approximate surface area is 83.5 Å². The molecular formula is C10H15N3O. The van der Waals surface area contributed by atoms with Gasteiger partial charge in [-0.05, 0) is 12.3 Å². The van der Waals surface area contributed by atoms with E-state index in [2.05, 4.69) is 11.9 Å². The van der Waals surface area contributed by atoms with E-state index in [1.54, 1.807) is 18.7 Å². The molecule has 4 heteroatoms. The molecule has 1 atom stereocenters. The lowest BCUT2D eigenvalue weighted by Crippen LogP contribution is -2.32. The van der Waals surface area contributed by atoms with E-state index in [0.717, 1.165) is 25.9 Å². The number of carbonyl (C=O) groups is 1. The number of hydrogen-bond acceptors (Lipinski definition) is 2. The van der Waals surface area contributed by atoms with E-state index < -0.39 is 0 Å². The van der Waals surface area contributed by atoms with E-state index in [4.69, 9.17) is 0 Å². The van der Waals surface area contributed by atoms with Crippen molar-refractivity contribution in [2.24, 2.45) is 5.92 Å². The molecule has 1 aliphatic heterocycles. The van der Waals surface area contributed by atoms with Crippen molar-refractivity contribution < 1.29 is 4.79 Å². The molecule has 1 fully saturated rings. The summed E-state index contributed by atoms with van der Waals surface area (Å²) in [7, 11) is 0. The normalized spacial score (nSPS) is 21.5. The van der Waals surface area contributed by atoms with Crippen molar-refractivity contribution in [1.82, 2.24) is 14.5 Å². The summed E-state index contributed by atoms with van der Waals surface area (Å²) in [5.74, 6) is 0.683. The third-order valence-electron chi connectivity index (χ3n) is 2.86. The lowest BCUT2D eigenvalue weighted by Gasteiger charge is -2.15. The van der Waals surface area contributed by atoms with Gasteiger partial charge in [0.25, 0.3) is 0 Å². The highest BCUT2D eigenvalue weighted by molar-refractivity contribution is 5.76. The van der Waals surface area contributed by atoms with Crippen LogP contribution in [0.15, 0.2) is 18.7 Å². The second-order valence-corrected chi connectivity index (χ2v) is 3.76. The van der Waals surface area contributed by atoms with Crippen molar-refractivity contribution in [3.05, 3.63) is 18.7 Å². The quantitative estimate of drug-likeness (QED) is 0.679. The Hall–Kier alpha value is -1.32. The molecule has 76 valence electrons. The van der Waals surface area contributed by atoms with Gasteiger partial charge in [-0.1, -0.05) is 13.3 Å². The number of rotatable bonds is 1. The Morgan fingerprint density at radius 1 is 1.64 bits per heavy atom. The molecule has 0 bridgehead atoms. The van der Waals surface area contributed by atoms with Crippen molar-refractivity contribution in [3.8, 4) is 0 Å². The zero-order valence-electron chi connectivity index (χ0n) is 8.39. The highest BCUT2D eigenvalue weighted by atomic mass is 16.2. The molecule has 14 heavy (non-hydrogen) atoms. The van der Waals surface area contributed by atoms with E-state index in [9.17, 15) is 4.79 Å². The molecule has 0 aromatic carbocycles. The molecule has 1 aromatic rings. The van der Waals surface area contributed by atoms with Crippen LogP contribution < -0.4 is 0 Å². The summed E-state index contributed by atoms with van der Waals surface area (Å²) in [5.41, 5.74) is 0. The number of aromatic nitrogens is 2. The van der Waals surface area contributed by atoms with Crippen LogP contribution in [-0.4, -0.2) is 33.6 Å². The fraction of sp³-hybridized carbons (Fsp3) is 0.600. The van der Waals surface area contributed by atoms with Crippen LogP contribution in [0.1, 0.15) is 19.8 Å². The maximum Gasteiger partial charge on any atom is 0.329 e. The molecule has 1 unspecified atom stereocenters. The number of imidazole rings is 1. The van der Waals surface area contributed by atoms with Crippen molar-refractivity contribution in [2.45, 2.75) is 19.8 Å². The largest absolute Gasteiger partial charge is 0.329 e. The smallest absolute Gasteiger partial charge is 0.324 e. The molecule has 1 aliphatic rings. The Morgan fingerprint density at radius 2 is 2.50 bits per heavy atom. The lowest BCUT2D eigenvalue weighted by atomic mass is 10.1. The third-order valence-corrected chi connectivity index (χ3v) is 2.86. The first kappa shape index (κ1) is 9.24. The molecule has 4 nitrogen and oxygen atoms in total. The van der Waals surface area contributed by atoms with Gasteiger partial charge in [0.05, 0.1) is 0 Å². The van der Waals surface area contributed by atoms with Gasteiger partial charge in [-0.15, -0.1) is 0 Å². The van der Waals surface area contributed by atoms with Crippen LogP contribution in [0.25, 0.3) is 0 Å². The van der Waals surface area contributed by atoms with Crippen LogP contribution in [0.3, 0.4) is 0 Å². The fourth-order valence-electron chi connectivity index (χ4n) is 1.88. The minimum Gasteiger partial charge on any atom is -0.324 e. The van der Waals surface area contributed by atoms with E-state index in [1.165, 1.54) is 4.57 Å². The topological polar surface area (TPSA) is 38.1 Å². The third kappa shape index (κ3) is 1.64. The van der Waals surface area contributed by atoms with Gasteiger partial charge in [0.2, 0.25) is 0 Å². The maximum atomic E-state index is 11.8. The Kier molecular flexibility index (Phi) is 2.52. The highest BCUT2D eigenvalue weighted by Gasteiger charge is 2.25. The van der Waals surface area contributed by atoms with Crippen molar-refractivity contribution in [2.75, 3.05) is 13.1 Å². The van der Waals surface area contributed by atoms with E-state index >= 15 is 0 Å². The monoisotopic (exact) mass is 193 g/mol. The molecule has 0 aliphatic carbocycles. The summed E-state index contributed by atoms with van der Waals surface area (Å²) >= 11 is 0. The molecule has 1 saturated heterocycles. The predicted octanol–water partition coefficient (Wildman–Crippen LogP) is 1.58. The van der Waals surface area contributed by atoms with Crippen LogP contribution >= 0.6 is 0 Å². The van der Waals surface area contributed by atoms with Crippen LogP contribution in [0, 0.1) is 5.92 Å². The number of likely N-dealkylation sites (tertiary alicyclic amines) is 1. The summed E-state index contributed by atoms with van der Waals surface area (Å²) in [5, 5.41) is 0. The van der Waals surface area contributed by atoms with Gasteiger partial charge in [-0.2, -0.15) is 0 Å². The van der Waals surface area contributed by atoms with Crippen LogP contribution in [0.5, 0.6) is 0 Å². The zero-order valence-corrected chi connectivity index (χ0v) is 8.39.